The molecule has 0 spiro atoms. The molecule has 210 valence electrons. The van der Waals surface area contributed by atoms with E-state index in [1.54, 1.807) is 6.92 Å². The second kappa shape index (κ2) is 16.6. The highest BCUT2D eigenvalue weighted by Crippen LogP contribution is 2.43. The molecular formula is C28H46N2O4S3. The second-order valence-corrected chi connectivity index (χ2v) is 15.3. The van der Waals surface area contributed by atoms with E-state index in [0.29, 0.717) is 24.9 Å². The Morgan fingerprint density at radius 3 is 2.24 bits per heavy atom. The summed E-state index contributed by atoms with van der Waals surface area (Å²) in [6.07, 6.45) is 24.2. The highest BCUT2D eigenvalue weighted by Gasteiger charge is 2.39. The lowest BCUT2D eigenvalue weighted by atomic mass is 10.1. The van der Waals surface area contributed by atoms with E-state index in [1.165, 1.54) is 50.8 Å². The zero-order valence-electron chi connectivity index (χ0n) is 22.8. The molecule has 0 unspecified atom stereocenters. The van der Waals surface area contributed by atoms with Gasteiger partial charge in [0.15, 0.2) is 9.84 Å². The molecule has 2 rings (SSSR count). The van der Waals surface area contributed by atoms with Gasteiger partial charge in [-0.25, -0.2) is 8.42 Å². The second-order valence-electron chi connectivity index (χ2n) is 9.79. The van der Waals surface area contributed by atoms with Crippen molar-refractivity contribution in [3.8, 4) is 0 Å². The van der Waals surface area contributed by atoms with Crippen molar-refractivity contribution in [1.29, 1.82) is 0 Å². The van der Waals surface area contributed by atoms with Crippen molar-refractivity contribution in [2.75, 3.05) is 6.54 Å². The van der Waals surface area contributed by atoms with Crippen molar-refractivity contribution in [2.24, 2.45) is 4.40 Å². The van der Waals surface area contributed by atoms with Gasteiger partial charge in [-0.2, -0.15) is 12.8 Å². The number of sulfonamides is 1. The molecule has 2 heterocycles. The third-order valence-corrected chi connectivity index (χ3v) is 12.3. The normalized spacial score (nSPS) is 19.9. The maximum absolute atomic E-state index is 12.8. The number of hydrogen-bond acceptors (Lipinski definition) is 6. The predicted octanol–water partition coefficient (Wildman–Crippen LogP) is 7.54. The summed E-state index contributed by atoms with van der Waals surface area (Å²) in [4.78, 5) is 0. The average molecular weight is 571 g/mol. The summed E-state index contributed by atoms with van der Waals surface area (Å²) in [5.74, 6) is 0. The van der Waals surface area contributed by atoms with Crippen LogP contribution in [-0.4, -0.2) is 34.8 Å². The molecule has 1 aromatic rings. The van der Waals surface area contributed by atoms with Crippen LogP contribution in [0.2, 0.25) is 0 Å². The summed E-state index contributed by atoms with van der Waals surface area (Å²) >= 11 is 0.833. The summed E-state index contributed by atoms with van der Waals surface area (Å²) in [6, 6.07) is 1.34. The molecule has 0 aromatic carbocycles. The minimum atomic E-state index is -3.90. The van der Waals surface area contributed by atoms with Crippen LogP contribution in [-0.2, 0) is 19.9 Å². The Kier molecular flexibility index (Phi) is 14.3. The predicted molar refractivity (Wildman–Crippen MR) is 157 cm³/mol. The van der Waals surface area contributed by atoms with Gasteiger partial charge in [-0.3, -0.25) is 0 Å². The number of unbranched alkanes of at least 4 members (excludes halogenated alkanes) is 9. The molecule has 0 saturated carbocycles. The smallest absolute Gasteiger partial charge is 0.291 e. The largest absolute Gasteiger partial charge is 0.310 e. The highest BCUT2D eigenvalue weighted by molar-refractivity contribution is 7.96. The molecular weight excluding hydrogens is 525 g/mol. The van der Waals surface area contributed by atoms with Crippen molar-refractivity contribution in [2.45, 2.75) is 124 Å². The van der Waals surface area contributed by atoms with Gasteiger partial charge >= 0.3 is 0 Å². The van der Waals surface area contributed by atoms with Gasteiger partial charge in [-0.05, 0) is 70.9 Å². The zero-order chi connectivity index (χ0) is 27.2. The Morgan fingerprint density at radius 1 is 0.973 bits per heavy atom. The van der Waals surface area contributed by atoms with Crippen molar-refractivity contribution >= 4 is 37.4 Å². The van der Waals surface area contributed by atoms with Gasteiger partial charge in [-0.1, -0.05) is 70.3 Å². The first-order valence-corrected chi connectivity index (χ1v) is 17.7. The molecule has 1 N–H and O–H groups in total. The van der Waals surface area contributed by atoms with Gasteiger partial charge in [0.1, 0.15) is 8.42 Å². The monoisotopic (exact) mass is 570 g/mol. The van der Waals surface area contributed by atoms with Crippen LogP contribution in [0.4, 0.5) is 0 Å². The van der Waals surface area contributed by atoms with Crippen LogP contribution < -0.4 is 5.32 Å². The lowest BCUT2D eigenvalue weighted by molar-refractivity contribution is 0.477. The minimum absolute atomic E-state index is 0.00867. The number of rotatable bonds is 18. The maximum Gasteiger partial charge on any atom is 0.291 e. The van der Waals surface area contributed by atoms with Crippen molar-refractivity contribution < 1.29 is 16.8 Å². The fourth-order valence-electron chi connectivity index (χ4n) is 4.42. The summed E-state index contributed by atoms with van der Waals surface area (Å²) in [5, 5.41) is 2.74. The summed E-state index contributed by atoms with van der Waals surface area (Å²) in [5.41, 5.74) is 0.562. The number of nitrogens with zero attached hydrogens (tertiary/aromatic N) is 1. The van der Waals surface area contributed by atoms with Crippen LogP contribution >= 0.6 is 11.3 Å². The van der Waals surface area contributed by atoms with Gasteiger partial charge in [0.2, 0.25) is 0 Å². The van der Waals surface area contributed by atoms with Gasteiger partial charge in [-0.15, -0.1) is 11.3 Å². The molecule has 0 amide bonds. The molecule has 1 aliphatic heterocycles. The van der Waals surface area contributed by atoms with Crippen LogP contribution in [0.15, 0.2) is 43.2 Å². The van der Waals surface area contributed by atoms with E-state index in [2.05, 4.69) is 40.9 Å². The fourth-order valence-corrected chi connectivity index (χ4v) is 9.31. The van der Waals surface area contributed by atoms with E-state index in [1.807, 2.05) is 6.92 Å². The van der Waals surface area contributed by atoms with E-state index in [0.717, 1.165) is 43.4 Å². The van der Waals surface area contributed by atoms with Crippen molar-refractivity contribution in [3.05, 3.63) is 35.9 Å². The van der Waals surface area contributed by atoms with Crippen LogP contribution in [0.25, 0.3) is 0 Å². The third kappa shape index (κ3) is 10.4. The number of sulfone groups is 1. The van der Waals surface area contributed by atoms with Gasteiger partial charge in [0, 0.05) is 17.8 Å². The minimum Gasteiger partial charge on any atom is -0.310 e. The van der Waals surface area contributed by atoms with E-state index >= 15 is 0 Å². The molecule has 0 bridgehead atoms. The molecule has 6 nitrogen and oxygen atoms in total. The number of thiophene rings is 1. The topological polar surface area (TPSA) is 92.7 Å². The first-order chi connectivity index (χ1) is 17.7. The molecule has 0 saturated heterocycles. The molecule has 1 aromatic heterocycles. The van der Waals surface area contributed by atoms with E-state index in [-0.39, 0.29) is 14.5 Å². The first-order valence-electron chi connectivity index (χ1n) is 13.9. The molecule has 0 fully saturated rings. The molecule has 0 aliphatic carbocycles. The molecule has 0 radical (unpaired) electrons. The van der Waals surface area contributed by atoms with Crippen LogP contribution in [0, 0.1) is 0 Å². The Balaban J connectivity index is 1.69. The van der Waals surface area contributed by atoms with Crippen LogP contribution in [0.5, 0.6) is 0 Å². The maximum atomic E-state index is 12.8. The highest BCUT2D eigenvalue weighted by atomic mass is 32.3. The standard InChI is InChI=1S/C28H46N2O4S3/c1-4-6-7-8-9-10-11-12-13-14-15-16-17-18-19-20-21-30-37(33,34)27-23-25-26(29-5-2)22-24(3)36(31,32)28(25)35-27/h9-10,12-13,21,23-24,26,29H,4-8,11,14-20,22H2,1-3H3/b10-9?,13-12?,30-21-/t24-,26-/m0/s1. The van der Waals surface area contributed by atoms with E-state index < -0.39 is 25.1 Å². The molecule has 9 heteroatoms. The molecule has 1 aliphatic rings. The van der Waals surface area contributed by atoms with Gasteiger partial charge in [0.25, 0.3) is 10.0 Å². The lowest BCUT2D eigenvalue weighted by Crippen LogP contribution is -2.33. The molecule has 37 heavy (non-hydrogen) atoms. The summed E-state index contributed by atoms with van der Waals surface area (Å²) < 4.78 is 55.0. The fraction of sp³-hybridized carbons (Fsp3) is 0.679. The number of fused-ring (bicyclic) bond motifs is 1. The van der Waals surface area contributed by atoms with E-state index in [4.69, 9.17) is 0 Å². The number of nitrogens with one attached hydrogen (secondary N) is 1. The summed E-state index contributed by atoms with van der Waals surface area (Å²) in [6.45, 7) is 6.54. The molecule has 2 atom stereocenters. The van der Waals surface area contributed by atoms with Crippen molar-refractivity contribution in [3.63, 3.8) is 0 Å². The van der Waals surface area contributed by atoms with Crippen molar-refractivity contribution in [1.82, 2.24) is 5.32 Å². The first kappa shape index (κ1) is 31.9. The third-order valence-electron chi connectivity index (χ3n) is 6.64. The van der Waals surface area contributed by atoms with E-state index in [9.17, 15) is 16.8 Å². The zero-order valence-corrected chi connectivity index (χ0v) is 25.3. The summed E-state index contributed by atoms with van der Waals surface area (Å²) in [7, 11) is -7.41. The quantitative estimate of drug-likeness (QED) is 0.112. The lowest BCUT2D eigenvalue weighted by Gasteiger charge is -2.27. The Bertz CT molecular complexity index is 1100. The number of hydrogen-bond donors (Lipinski definition) is 1. The Morgan fingerprint density at radius 2 is 1.59 bits per heavy atom. The van der Waals surface area contributed by atoms with Crippen LogP contribution in [0.1, 0.15) is 116 Å². The van der Waals surface area contributed by atoms with Crippen LogP contribution in [0.3, 0.4) is 0 Å². The Hall–Kier alpha value is -1.29. The number of allylic oxidation sites excluding steroid dienone is 4. The van der Waals surface area contributed by atoms with Gasteiger partial charge in [0.05, 0.1) is 5.25 Å². The van der Waals surface area contributed by atoms with Gasteiger partial charge < -0.3 is 5.32 Å². The Labute approximate surface area is 229 Å². The SMILES string of the molecule is CCCCCC=CCC=CCCCCCCC/C=N\S(=O)(=O)c1cc2c(s1)S(=O)(=O)[C@@H](C)C[C@@H]2NCC. The average Bonchev–Trinajstić information content (AvgIpc) is 3.33.